The van der Waals surface area contributed by atoms with Gasteiger partial charge in [-0.3, -0.25) is 0 Å². The number of hydrogen-bond acceptors (Lipinski definition) is 3. The van der Waals surface area contributed by atoms with Crippen molar-refractivity contribution in [1.29, 1.82) is 0 Å². The number of esters is 1. The third-order valence-electron chi connectivity index (χ3n) is 4.12. The molecule has 0 bridgehead atoms. The SMILES string of the molecule is CCc1cc2c(c(F)c1F)OC(C(=O)OCc1ccccc1)CC2. The van der Waals surface area contributed by atoms with Gasteiger partial charge < -0.3 is 9.47 Å². The van der Waals surface area contributed by atoms with E-state index in [9.17, 15) is 13.6 Å². The first kappa shape index (κ1) is 16.4. The number of aryl methyl sites for hydroxylation is 2. The molecule has 0 amide bonds. The fourth-order valence-electron chi connectivity index (χ4n) is 2.77. The Hall–Kier alpha value is -2.43. The molecule has 2 aromatic rings. The molecule has 1 atom stereocenters. The van der Waals surface area contributed by atoms with E-state index in [1.165, 1.54) is 0 Å². The van der Waals surface area contributed by atoms with Crippen LogP contribution in [0.5, 0.6) is 5.75 Å². The van der Waals surface area contributed by atoms with E-state index in [4.69, 9.17) is 9.47 Å². The molecular formula is C19H18F2O3. The van der Waals surface area contributed by atoms with Crippen LogP contribution >= 0.6 is 0 Å². The maximum absolute atomic E-state index is 14.2. The lowest BCUT2D eigenvalue weighted by molar-refractivity contribution is -0.154. The number of carbonyl (C=O) groups is 1. The molecule has 3 nitrogen and oxygen atoms in total. The number of rotatable bonds is 4. The van der Waals surface area contributed by atoms with Crippen molar-refractivity contribution in [2.45, 2.75) is 38.9 Å². The monoisotopic (exact) mass is 332 g/mol. The van der Waals surface area contributed by atoms with E-state index in [0.717, 1.165) is 5.56 Å². The molecule has 126 valence electrons. The lowest BCUT2D eigenvalue weighted by Crippen LogP contribution is -2.33. The van der Waals surface area contributed by atoms with Crippen LogP contribution in [0.25, 0.3) is 0 Å². The highest BCUT2D eigenvalue weighted by Gasteiger charge is 2.31. The van der Waals surface area contributed by atoms with E-state index in [0.29, 0.717) is 30.4 Å². The first-order chi connectivity index (χ1) is 11.6. The summed E-state index contributed by atoms with van der Waals surface area (Å²) in [7, 11) is 0. The Morgan fingerprint density at radius 3 is 2.71 bits per heavy atom. The zero-order chi connectivity index (χ0) is 17.1. The third-order valence-corrected chi connectivity index (χ3v) is 4.12. The Balaban J connectivity index is 1.70. The number of benzene rings is 2. The summed E-state index contributed by atoms with van der Waals surface area (Å²) in [5.41, 5.74) is 1.77. The van der Waals surface area contributed by atoms with Crippen molar-refractivity contribution >= 4 is 5.97 Å². The van der Waals surface area contributed by atoms with Gasteiger partial charge >= 0.3 is 5.97 Å². The molecule has 0 fully saturated rings. The van der Waals surface area contributed by atoms with Gasteiger partial charge in [-0.05, 0) is 42.0 Å². The standard InChI is InChI=1S/C19H18F2O3/c1-2-13-10-14-8-9-15(24-18(14)17(21)16(13)20)19(22)23-11-12-6-4-3-5-7-12/h3-7,10,15H,2,8-9,11H2,1H3. The van der Waals surface area contributed by atoms with Crippen molar-refractivity contribution in [3.05, 3.63) is 64.7 Å². The fraction of sp³-hybridized carbons (Fsp3) is 0.316. The molecule has 0 saturated carbocycles. The molecule has 1 aliphatic heterocycles. The largest absolute Gasteiger partial charge is 0.475 e. The van der Waals surface area contributed by atoms with Crippen LogP contribution in [0.2, 0.25) is 0 Å². The quantitative estimate of drug-likeness (QED) is 0.795. The van der Waals surface area contributed by atoms with Gasteiger partial charge in [0.25, 0.3) is 0 Å². The van der Waals surface area contributed by atoms with Crippen LogP contribution in [0.3, 0.4) is 0 Å². The minimum Gasteiger partial charge on any atom is -0.475 e. The van der Waals surface area contributed by atoms with Gasteiger partial charge in [0, 0.05) is 0 Å². The van der Waals surface area contributed by atoms with Crippen molar-refractivity contribution in [1.82, 2.24) is 0 Å². The van der Waals surface area contributed by atoms with E-state index in [-0.39, 0.29) is 12.4 Å². The van der Waals surface area contributed by atoms with Crippen LogP contribution in [0.1, 0.15) is 30.0 Å². The Morgan fingerprint density at radius 2 is 2.00 bits per heavy atom. The Kier molecular flexibility index (Phi) is 4.79. The zero-order valence-electron chi connectivity index (χ0n) is 13.4. The smallest absolute Gasteiger partial charge is 0.347 e. The van der Waals surface area contributed by atoms with Crippen molar-refractivity contribution in [2.75, 3.05) is 0 Å². The van der Waals surface area contributed by atoms with Crippen LogP contribution in [0, 0.1) is 11.6 Å². The molecular weight excluding hydrogens is 314 g/mol. The Bertz CT molecular complexity index is 744. The second kappa shape index (κ2) is 6.99. The van der Waals surface area contributed by atoms with Crippen molar-refractivity contribution in [3.8, 4) is 5.75 Å². The summed E-state index contributed by atoms with van der Waals surface area (Å²) < 4.78 is 38.7. The van der Waals surface area contributed by atoms with Crippen LogP contribution in [-0.4, -0.2) is 12.1 Å². The third kappa shape index (κ3) is 3.25. The Labute approximate surface area is 139 Å². The number of halogens is 2. The lowest BCUT2D eigenvalue weighted by Gasteiger charge is -2.25. The first-order valence-electron chi connectivity index (χ1n) is 7.97. The average molecular weight is 332 g/mol. The molecule has 3 rings (SSSR count). The van der Waals surface area contributed by atoms with Gasteiger partial charge in [0.05, 0.1) is 0 Å². The van der Waals surface area contributed by atoms with Gasteiger partial charge in [0.1, 0.15) is 6.61 Å². The second-order valence-corrected chi connectivity index (χ2v) is 5.74. The van der Waals surface area contributed by atoms with Gasteiger partial charge in [-0.2, -0.15) is 4.39 Å². The highest BCUT2D eigenvalue weighted by molar-refractivity contribution is 5.75. The predicted molar refractivity (Wildman–Crippen MR) is 84.7 cm³/mol. The summed E-state index contributed by atoms with van der Waals surface area (Å²) in [5.74, 6) is -2.67. The zero-order valence-corrected chi connectivity index (χ0v) is 13.4. The summed E-state index contributed by atoms with van der Waals surface area (Å²) in [6, 6.07) is 10.9. The van der Waals surface area contributed by atoms with Crippen LogP contribution < -0.4 is 4.74 Å². The van der Waals surface area contributed by atoms with Gasteiger partial charge in [-0.1, -0.05) is 37.3 Å². The van der Waals surface area contributed by atoms with E-state index in [1.54, 1.807) is 13.0 Å². The van der Waals surface area contributed by atoms with Crippen molar-refractivity contribution in [2.24, 2.45) is 0 Å². The Morgan fingerprint density at radius 1 is 1.25 bits per heavy atom. The number of fused-ring (bicyclic) bond motifs is 1. The topological polar surface area (TPSA) is 35.5 Å². The highest BCUT2D eigenvalue weighted by atomic mass is 19.2. The predicted octanol–water partition coefficient (Wildman–Crippen LogP) is 3.96. The molecule has 0 N–H and O–H groups in total. The molecule has 0 aliphatic carbocycles. The van der Waals surface area contributed by atoms with Crippen molar-refractivity contribution in [3.63, 3.8) is 0 Å². The van der Waals surface area contributed by atoms with E-state index >= 15 is 0 Å². The summed E-state index contributed by atoms with van der Waals surface area (Å²) in [6.45, 7) is 1.88. The molecule has 1 heterocycles. The summed E-state index contributed by atoms with van der Waals surface area (Å²) >= 11 is 0. The average Bonchev–Trinajstić information content (AvgIpc) is 2.63. The van der Waals surface area contributed by atoms with Crippen LogP contribution in [-0.2, 0) is 29.0 Å². The highest BCUT2D eigenvalue weighted by Crippen LogP contribution is 2.34. The van der Waals surface area contributed by atoms with Gasteiger partial charge in [0.2, 0.25) is 5.82 Å². The van der Waals surface area contributed by atoms with Crippen molar-refractivity contribution < 1.29 is 23.0 Å². The van der Waals surface area contributed by atoms with Crippen LogP contribution in [0.4, 0.5) is 8.78 Å². The molecule has 2 aromatic carbocycles. The summed E-state index contributed by atoms with van der Waals surface area (Å²) in [4.78, 5) is 12.1. The molecule has 1 aliphatic rings. The molecule has 5 heteroatoms. The molecule has 0 radical (unpaired) electrons. The van der Waals surface area contributed by atoms with Gasteiger partial charge in [0.15, 0.2) is 17.7 Å². The summed E-state index contributed by atoms with van der Waals surface area (Å²) in [6.07, 6.45) is 0.320. The normalized spacial score (nSPS) is 16.2. The lowest BCUT2D eigenvalue weighted by atomic mass is 9.98. The minimum atomic E-state index is -1.02. The number of ether oxygens (including phenoxy) is 2. The number of carbonyl (C=O) groups excluding carboxylic acids is 1. The minimum absolute atomic E-state index is 0.123. The van der Waals surface area contributed by atoms with E-state index in [1.807, 2.05) is 30.3 Å². The molecule has 0 saturated heterocycles. The van der Waals surface area contributed by atoms with E-state index in [2.05, 4.69) is 0 Å². The first-order valence-corrected chi connectivity index (χ1v) is 7.97. The maximum atomic E-state index is 14.2. The van der Waals surface area contributed by atoms with Gasteiger partial charge in [-0.15, -0.1) is 0 Å². The van der Waals surface area contributed by atoms with Crippen LogP contribution in [0.15, 0.2) is 36.4 Å². The maximum Gasteiger partial charge on any atom is 0.347 e. The molecule has 0 spiro atoms. The molecule has 1 unspecified atom stereocenters. The van der Waals surface area contributed by atoms with Gasteiger partial charge in [-0.25, -0.2) is 9.18 Å². The molecule has 0 aromatic heterocycles. The molecule has 24 heavy (non-hydrogen) atoms. The second-order valence-electron chi connectivity index (χ2n) is 5.74. The summed E-state index contributed by atoms with van der Waals surface area (Å²) in [5, 5.41) is 0. The fourth-order valence-corrected chi connectivity index (χ4v) is 2.77. The van der Waals surface area contributed by atoms with E-state index < -0.39 is 23.7 Å². The number of hydrogen-bond donors (Lipinski definition) is 0.